The van der Waals surface area contributed by atoms with Crippen LogP contribution in [0.25, 0.3) is 11.6 Å². The zero-order valence-corrected chi connectivity index (χ0v) is 14.3. The molecule has 1 aliphatic heterocycles. The van der Waals surface area contributed by atoms with Gasteiger partial charge >= 0.3 is 0 Å². The van der Waals surface area contributed by atoms with E-state index in [2.05, 4.69) is 27.5 Å². The number of carbonyl (C=O) groups excluding carboxylic acids is 1. The fourth-order valence-corrected chi connectivity index (χ4v) is 2.70. The molecule has 0 spiro atoms. The third-order valence-corrected chi connectivity index (χ3v) is 4.07. The highest BCUT2D eigenvalue weighted by molar-refractivity contribution is 6.35. The molecule has 4 N–H and O–H groups in total. The van der Waals surface area contributed by atoms with Crippen LogP contribution >= 0.6 is 0 Å². The van der Waals surface area contributed by atoms with E-state index in [4.69, 9.17) is 4.74 Å². The molecule has 0 fully saturated rings. The molecular weight excluding hydrogens is 337 g/mol. The van der Waals surface area contributed by atoms with E-state index < -0.39 is 11.9 Å². The lowest BCUT2D eigenvalue weighted by Gasteiger charge is -2.06. The number of aliphatic hydroxyl groups is 1. The first-order valence-corrected chi connectivity index (χ1v) is 7.96. The Hall–Kier alpha value is -3.08. The molecule has 0 aliphatic carbocycles. The van der Waals surface area contributed by atoms with Gasteiger partial charge in [-0.3, -0.25) is 4.79 Å². The zero-order chi connectivity index (χ0) is 18.7. The van der Waals surface area contributed by atoms with E-state index in [1.807, 2.05) is 0 Å². The number of methoxy groups -OCH3 is 1. The van der Waals surface area contributed by atoms with Crippen molar-refractivity contribution < 1.29 is 19.0 Å². The molecule has 0 radical (unpaired) electrons. The Balaban J connectivity index is 2.14. The average molecular weight is 355 g/mol. The van der Waals surface area contributed by atoms with Crippen LogP contribution in [0, 0.1) is 17.7 Å². The second-order valence-electron chi connectivity index (χ2n) is 5.61. The Bertz CT molecular complexity index is 933. The van der Waals surface area contributed by atoms with Gasteiger partial charge in [-0.05, 0) is 31.3 Å². The fourth-order valence-electron chi connectivity index (χ4n) is 2.70. The maximum absolute atomic E-state index is 14.4. The third-order valence-electron chi connectivity index (χ3n) is 4.07. The number of likely N-dealkylation sites (N-methyl/N-ethyl adjacent to an activating group) is 1. The van der Waals surface area contributed by atoms with Crippen LogP contribution in [-0.4, -0.2) is 42.8 Å². The lowest BCUT2D eigenvalue weighted by Crippen LogP contribution is -2.27. The summed E-state index contributed by atoms with van der Waals surface area (Å²) in [6.07, 6.45) is 3.29. The Kier molecular flexibility index (Phi) is 5.07. The van der Waals surface area contributed by atoms with Gasteiger partial charge in [0.1, 0.15) is 11.6 Å². The molecule has 3 rings (SSSR count). The second kappa shape index (κ2) is 7.44. The topological polar surface area (TPSA) is 86.4 Å². The summed E-state index contributed by atoms with van der Waals surface area (Å²) in [4.78, 5) is 15.4. The quantitative estimate of drug-likeness (QED) is 0.496. The minimum atomic E-state index is -0.537. The van der Waals surface area contributed by atoms with Crippen LogP contribution in [0.3, 0.4) is 0 Å². The Morgan fingerprint density at radius 3 is 2.92 bits per heavy atom. The lowest BCUT2D eigenvalue weighted by atomic mass is 9.99. The molecule has 2 aromatic rings. The van der Waals surface area contributed by atoms with Crippen LogP contribution in [0.15, 0.2) is 24.4 Å². The van der Waals surface area contributed by atoms with Crippen LogP contribution in [-0.2, 0) is 4.79 Å². The van der Waals surface area contributed by atoms with Crippen molar-refractivity contribution >= 4 is 23.2 Å². The highest BCUT2D eigenvalue weighted by Gasteiger charge is 2.29. The van der Waals surface area contributed by atoms with Crippen molar-refractivity contribution in [1.29, 1.82) is 0 Å². The summed E-state index contributed by atoms with van der Waals surface area (Å²) in [5.41, 5.74) is 1.87. The highest BCUT2D eigenvalue weighted by Crippen LogP contribution is 2.37. The molecule has 6 nitrogen and oxygen atoms in total. The summed E-state index contributed by atoms with van der Waals surface area (Å²) in [5.74, 6) is 5.21. The number of H-pyrrole nitrogens is 1. The summed E-state index contributed by atoms with van der Waals surface area (Å²) in [6.45, 7) is -0.209. The number of nitrogens with one attached hydrogen (secondary N) is 3. The molecular formula is C19H18FN3O3. The largest absolute Gasteiger partial charge is 0.495 e. The first-order valence-electron chi connectivity index (χ1n) is 7.96. The maximum Gasteiger partial charge on any atom is 0.256 e. The number of aromatic nitrogens is 1. The molecule has 7 heteroatoms. The highest BCUT2D eigenvalue weighted by atomic mass is 19.1. The molecule has 1 atom stereocenters. The average Bonchev–Trinajstić information content (AvgIpc) is 3.22. The van der Waals surface area contributed by atoms with Crippen molar-refractivity contribution in [3.8, 4) is 17.6 Å². The summed E-state index contributed by atoms with van der Waals surface area (Å²) >= 11 is 0. The normalized spacial score (nSPS) is 15.2. The minimum Gasteiger partial charge on any atom is -0.495 e. The van der Waals surface area contributed by atoms with Crippen LogP contribution in [0.2, 0.25) is 0 Å². The van der Waals surface area contributed by atoms with Gasteiger partial charge in [0, 0.05) is 11.8 Å². The monoisotopic (exact) mass is 355 g/mol. The summed E-state index contributed by atoms with van der Waals surface area (Å²) < 4.78 is 19.7. The van der Waals surface area contributed by atoms with Gasteiger partial charge in [-0.15, -0.1) is 0 Å². The van der Waals surface area contributed by atoms with E-state index in [9.17, 15) is 14.3 Å². The predicted octanol–water partition coefficient (Wildman–Crippen LogP) is 1.59. The number of hydrogen-bond donors (Lipinski definition) is 4. The van der Waals surface area contributed by atoms with Gasteiger partial charge in [0.05, 0.1) is 42.3 Å². The number of halogens is 1. The second-order valence-corrected chi connectivity index (χ2v) is 5.61. The first kappa shape index (κ1) is 17.7. The molecule has 1 aliphatic rings. The SMILES string of the molecule is CN[C@@H](C#Cc1c(F)ccc2c1C(=Cc1[nH]ccc1OC)C(=O)N2)CO. The maximum atomic E-state index is 14.4. The van der Waals surface area contributed by atoms with E-state index in [-0.39, 0.29) is 23.7 Å². The number of ether oxygens (including phenoxy) is 1. The van der Waals surface area contributed by atoms with Gasteiger partial charge in [-0.2, -0.15) is 0 Å². The first-order chi connectivity index (χ1) is 12.6. The number of carbonyl (C=O) groups is 1. The van der Waals surface area contributed by atoms with Crippen LogP contribution in [0.4, 0.5) is 10.1 Å². The smallest absolute Gasteiger partial charge is 0.256 e. The van der Waals surface area contributed by atoms with E-state index in [0.717, 1.165) is 0 Å². The van der Waals surface area contributed by atoms with E-state index in [1.165, 1.54) is 19.2 Å². The molecule has 1 amide bonds. The van der Waals surface area contributed by atoms with Crippen molar-refractivity contribution in [2.45, 2.75) is 6.04 Å². The Morgan fingerprint density at radius 1 is 1.42 bits per heavy atom. The fraction of sp³-hybridized carbons (Fsp3) is 0.211. The van der Waals surface area contributed by atoms with Crippen molar-refractivity contribution in [1.82, 2.24) is 10.3 Å². The molecule has 0 saturated heterocycles. The number of hydrogen-bond acceptors (Lipinski definition) is 4. The Labute approximate surface area is 150 Å². The van der Waals surface area contributed by atoms with Gasteiger partial charge in [-0.1, -0.05) is 11.8 Å². The van der Waals surface area contributed by atoms with Crippen molar-refractivity contribution in [3.05, 3.63) is 47.0 Å². The van der Waals surface area contributed by atoms with Gasteiger partial charge in [0.15, 0.2) is 0 Å². The van der Waals surface area contributed by atoms with Crippen molar-refractivity contribution in [2.24, 2.45) is 0 Å². The molecule has 0 saturated carbocycles. The molecule has 0 unspecified atom stereocenters. The van der Waals surface area contributed by atoms with Gasteiger partial charge in [0.25, 0.3) is 5.91 Å². The molecule has 2 heterocycles. The van der Waals surface area contributed by atoms with Gasteiger partial charge < -0.3 is 25.5 Å². The van der Waals surface area contributed by atoms with Gasteiger partial charge in [0.2, 0.25) is 0 Å². The number of amides is 1. The van der Waals surface area contributed by atoms with Crippen molar-refractivity contribution in [3.63, 3.8) is 0 Å². The standard InChI is InChI=1S/C19H18FN3O3/c1-21-11(10-24)3-4-12-14(20)5-6-15-18(12)13(19(25)23-15)9-16-17(26-2)7-8-22-16/h5-9,11,21-22,24H,10H2,1-2H3,(H,23,25)/t11-/m0/s1. The number of aromatic amines is 1. The molecule has 1 aromatic carbocycles. The summed E-state index contributed by atoms with van der Waals surface area (Å²) in [7, 11) is 3.17. The number of fused-ring (bicyclic) bond motifs is 1. The molecule has 1 aromatic heterocycles. The molecule has 0 bridgehead atoms. The molecule has 134 valence electrons. The number of aliphatic hydroxyl groups excluding tert-OH is 1. The molecule has 26 heavy (non-hydrogen) atoms. The number of rotatable bonds is 4. The van der Waals surface area contributed by atoms with Crippen molar-refractivity contribution in [2.75, 3.05) is 26.1 Å². The van der Waals surface area contributed by atoms with E-state index in [0.29, 0.717) is 22.7 Å². The van der Waals surface area contributed by atoms with Crippen LogP contribution in [0.5, 0.6) is 5.75 Å². The van der Waals surface area contributed by atoms with Crippen LogP contribution in [0.1, 0.15) is 16.8 Å². The summed E-state index contributed by atoms with van der Waals surface area (Å²) in [6, 6.07) is 3.99. The van der Waals surface area contributed by atoms with E-state index >= 15 is 0 Å². The third kappa shape index (κ3) is 3.20. The number of anilines is 1. The lowest BCUT2D eigenvalue weighted by molar-refractivity contribution is -0.110. The zero-order valence-electron chi connectivity index (χ0n) is 14.3. The van der Waals surface area contributed by atoms with Crippen LogP contribution < -0.4 is 15.4 Å². The Morgan fingerprint density at radius 2 is 2.23 bits per heavy atom. The van der Waals surface area contributed by atoms with E-state index in [1.54, 1.807) is 25.4 Å². The number of benzene rings is 1. The predicted molar refractivity (Wildman–Crippen MR) is 97.1 cm³/mol. The van der Waals surface area contributed by atoms with Gasteiger partial charge in [-0.25, -0.2) is 4.39 Å². The summed E-state index contributed by atoms with van der Waals surface area (Å²) in [5, 5.41) is 14.8. The minimum absolute atomic E-state index is 0.103.